The molecule has 4 heteroatoms. The van der Waals surface area contributed by atoms with Crippen LogP contribution in [0.25, 0.3) is 0 Å². The summed E-state index contributed by atoms with van der Waals surface area (Å²) in [5.74, 6) is 0. The highest BCUT2D eigenvalue weighted by atomic mass is 16.1. The van der Waals surface area contributed by atoms with E-state index in [1.165, 1.54) is 0 Å². The lowest BCUT2D eigenvalue weighted by molar-refractivity contribution is 0.271. The van der Waals surface area contributed by atoms with Crippen molar-refractivity contribution < 1.29 is 0 Å². The van der Waals surface area contributed by atoms with Crippen LogP contribution < -0.4 is 10.5 Å². The van der Waals surface area contributed by atoms with E-state index in [0.29, 0.717) is 0 Å². The van der Waals surface area contributed by atoms with Gasteiger partial charge < -0.3 is 14.8 Å². The van der Waals surface area contributed by atoms with Gasteiger partial charge in [-0.05, 0) is 12.6 Å². The number of rotatable bonds is 2. The van der Waals surface area contributed by atoms with E-state index in [2.05, 4.69) is 21.7 Å². The Kier molecular flexibility index (Phi) is 3.06. The molecular formula is C11H17N3O. The highest BCUT2D eigenvalue weighted by Gasteiger charge is 2.15. The molecule has 0 amide bonds. The van der Waals surface area contributed by atoms with Gasteiger partial charge >= 0.3 is 0 Å². The van der Waals surface area contributed by atoms with Crippen molar-refractivity contribution in [3.63, 3.8) is 0 Å². The maximum absolute atomic E-state index is 10.9. The van der Waals surface area contributed by atoms with Crippen molar-refractivity contribution in [2.24, 2.45) is 0 Å². The third-order valence-electron chi connectivity index (χ3n) is 2.95. The van der Waals surface area contributed by atoms with Crippen LogP contribution in [0.5, 0.6) is 0 Å². The Morgan fingerprint density at radius 3 is 2.53 bits per heavy atom. The summed E-state index contributed by atoms with van der Waals surface area (Å²) in [6.07, 6.45) is 1.80. The van der Waals surface area contributed by atoms with Crippen molar-refractivity contribution in [1.82, 2.24) is 9.88 Å². The summed E-state index contributed by atoms with van der Waals surface area (Å²) >= 11 is 0. The maximum atomic E-state index is 10.9. The second-order valence-corrected chi connectivity index (χ2v) is 3.83. The maximum Gasteiger partial charge on any atom is 0.248 e. The van der Waals surface area contributed by atoms with Crippen molar-refractivity contribution in [3.8, 4) is 0 Å². The largest absolute Gasteiger partial charge is 0.368 e. The molecule has 2 heterocycles. The Morgan fingerprint density at radius 1 is 1.27 bits per heavy atom. The molecule has 15 heavy (non-hydrogen) atoms. The van der Waals surface area contributed by atoms with Gasteiger partial charge in [0.15, 0.2) is 0 Å². The number of anilines is 1. The molecule has 0 atom stereocenters. The van der Waals surface area contributed by atoms with Crippen LogP contribution in [0.4, 0.5) is 5.69 Å². The lowest BCUT2D eigenvalue weighted by Gasteiger charge is -2.35. The number of nitrogens with zero attached hydrogens (tertiary/aromatic N) is 2. The summed E-state index contributed by atoms with van der Waals surface area (Å²) in [5.41, 5.74) is 1.08. The standard InChI is InChI=1S/C11H17N3O/c1-2-13-5-7-14(8-6-13)10-3-4-11(15)12-9-10/h3-4,9H,2,5-8H2,1H3,(H,12,15). The van der Waals surface area contributed by atoms with Gasteiger partial charge in [-0.2, -0.15) is 0 Å². The third-order valence-corrected chi connectivity index (χ3v) is 2.95. The fourth-order valence-corrected chi connectivity index (χ4v) is 1.92. The SMILES string of the molecule is CCN1CCN(c2ccc(=O)[nH]c2)CC1. The Morgan fingerprint density at radius 2 is 2.00 bits per heavy atom. The van der Waals surface area contributed by atoms with Crippen molar-refractivity contribution >= 4 is 5.69 Å². The van der Waals surface area contributed by atoms with Gasteiger partial charge in [-0.25, -0.2) is 0 Å². The molecule has 0 radical (unpaired) electrons. The molecule has 0 unspecified atom stereocenters. The zero-order valence-electron chi connectivity index (χ0n) is 9.07. The molecule has 0 bridgehead atoms. The molecule has 2 rings (SSSR count). The number of hydrogen-bond acceptors (Lipinski definition) is 3. The van der Waals surface area contributed by atoms with Crippen LogP contribution in [0.3, 0.4) is 0 Å². The molecule has 82 valence electrons. The summed E-state index contributed by atoms with van der Waals surface area (Å²) in [6.45, 7) is 7.61. The second kappa shape index (κ2) is 4.49. The van der Waals surface area contributed by atoms with E-state index in [4.69, 9.17) is 0 Å². The van der Waals surface area contributed by atoms with Crippen LogP contribution in [0.1, 0.15) is 6.92 Å². The topological polar surface area (TPSA) is 39.3 Å². The molecule has 1 aromatic heterocycles. The van der Waals surface area contributed by atoms with Crippen molar-refractivity contribution in [1.29, 1.82) is 0 Å². The Hall–Kier alpha value is -1.29. The number of piperazine rings is 1. The monoisotopic (exact) mass is 207 g/mol. The van der Waals surface area contributed by atoms with Gasteiger partial charge in [0.1, 0.15) is 0 Å². The number of pyridine rings is 1. The first-order valence-electron chi connectivity index (χ1n) is 5.45. The molecule has 1 fully saturated rings. The smallest absolute Gasteiger partial charge is 0.248 e. The van der Waals surface area contributed by atoms with Gasteiger partial charge in [-0.1, -0.05) is 6.92 Å². The van der Waals surface area contributed by atoms with E-state index in [1.54, 1.807) is 12.3 Å². The van der Waals surface area contributed by atoms with Gasteiger partial charge in [0.25, 0.3) is 0 Å². The van der Waals surface area contributed by atoms with Crippen LogP contribution in [0.2, 0.25) is 0 Å². The Bertz CT molecular complexity index is 346. The molecule has 1 N–H and O–H groups in total. The number of aromatic nitrogens is 1. The zero-order valence-corrected chi connectivity index (χ0v) is 9.07. The van der Waals surface area contributed by atoms with Crippen LogP contribution in [-0.4, -0.2) is 42.6 Å². The van der Waals surface area contributed by atoms with E-state index in [1.807, 2.05) is 6.07 Å². The predicted octanol–water partition coefficient (Wildman–Crippen LogP) is 0.517. The molecule has 0 spiro atoms. The molecule has 1 aliphatic heterocycles. The van der Waals surface area contributed by atoms with Crippen molar-refractivity contribution in [2.45, 2.75) is 6.92 Å². The quantitative estimate of drug-likeness (QED) is 0.768. The Labute approximate surface area is 89.5 Å². The number of likely N-dealkylation sites (N-methyl/N-ethyl adjacent to an activating group) is 1. The van der Waals surface area contributed by atoms with E-state index in [-0.39, 0.29) is 5.56 Å². The summed E-state index contributed by atoms with van der Waals surface area (Å²) in [5, 5.41) is 0. The Balaban J connectivity index is 2.01. The molecule has 0 saturated carbocycles. The van der Waals surface area contributed by atoms with Crippen LogP contribution in [-0.2, 0) is 0 Å². The molecule has 1 aliphatic rings. The fourth-order valence-electron chi connectivity index (χ4n) is 1.92. The number of aromatic amines is 1. The van der Waals surface area contributed by atoms with Gasteiger partial charge in [-0.15, -0.1) is 0 Å². The first-order chi connectivity index (χ1) is 7.29. The van der Waals surface area contributed by atoms with Crippen LogP contribution in [0, 0.1) is 0 Å². The second-order valence-electron chi connectivity index (χ2n) is 3.83. The minimum absolute atomic E-state index is 0.0362. The number of nitrogens with one attached hydrogen (secondary N) is 1. The van der Waals surface area contributed by atoms with E-state index in [0.717, 1.165) is 38.4 Å². The predicted molar refractivity (Wildman–Crippen MR) is 61.4 cm³/mol. The number of H-pyrrole nitrogens is 1. The van der Waals surface area contributed by atoms with E-state index in [9.17, 15) is 4.79 Å². The first kappa shape index (κ1) is 10.2. The van der Waals surface area contributed by atoms with Crippen LogP contribution in [0.15, 0.2) is 23.1 Å². The van der Waals surface area contributed by atoms with E-state index >= 15 is 0 Å². The average Bonchev–Trinajstić information content (AvgIpc) is 2.30. The van der Waals surface area contributed by atoms with Gasteiger partial charge in [0.2, 0.25) is 5.56 Å². The summed E-state index contributed by atoms with van der Waals surface area (Å²) in [6, 6.07) is 3.47. The summed E-state index contributed by atoms with van der Waals surface area (Å²) in [4.78, 5) is 18.4. The van der Waals surface area contributed by atoms with Crippen molar-refractivity contribution in [2.75, 3.05) is 37.6 Å². The minimum Gasteiger partial charge on any atom is -0.368 e. The number of hydrogen-bond donors (Lipinski definition) is 1. The lowest BCUT2D eigenvalue weighted by atomic mass is 10.3. The molecule has 0 aliphatic carbocycles. The lowest BCUT2D eigenvalue weighted by Crippen LogP contribution is -2.46. The van der Waals surface area contributed by atoms with Gasteiger partial charge in [-0.3, -0.25) is 4.79 Å². The summed E-state index contributed by atoms with van der Waals surface area (Å²) in [7, 11) is 0. The summed E-state index contributed by atoms with van der Waals surface area (Å²) < 4.78 is 0. The molecule has 1 aromatic rings. The van der Waals surface area contributed by atoms with Gasteiger partial charge in [0.05, 0.1) is 5.69 Å². The molecule has 0 aromatic carbocycles. The zero-order chi connectivity index (χ0) is 10.7. The van der Waals surface area contributed by atoms with Crippen LogP contribution >= 0.6 is 0 Å². The molecule has 1 saturated heterocycles. The molecule has 4 nitrogen and oxygen atoms in total. The highest BCUT2D eigenvalue weighted by molar-refractivity contribution is 5.43. The minimum atomic E-state index is -0.0362. The fraction of sp³-hybridized carbons (Fsp3) is 0.545. The highest BCUT2D eigenvalue weighted by Crippen LogP contribution is 2.12. The normalized spacial score (nSPS) is 18.1. The first-order valence-corrected chi connectivity index (χ1v) is 5.45. The van der Waals surface area contributed by atoms with E-state index < -0.39 is 0 Å². The van der Waals surface area contributed by atoms with Crippen molar-refractivity contribution in [3.05, 3.63) is 28.7 Å². The molecular weight excluding hydrogens is 190 g/mol. The van der Waals surface area contributed by atoms with Gasteiger partial charge in [0, 0.05) is 38.4 Å². The third kappa shape index (κ3) is 2.39. The average molecular weight is 207 g/mol.